The van der Waals surface area contributed by atoms with Crippen LogP contribution in [0.15, 0.2) is 54.6 Å². The zero-order valence-corrected chi connectivity index (χ0v) is 16.4. The molecule has 0 aliphatic rings. The zero-order valence-electron chi connectivity index (χ0n) is 16.4. The lowest BCUT2D eigenvalue weighted by atomic mass is 9.78. The smallest absolute Gasteiger partial charge is 0.312 e. The second kappa shape index (κ2) is 9.91. The van der Waals surface area contributed by atoms with Gasteiger partial charge in [-0.2, -0.15) is 0 Å². The molecule has 0 heterocycles. The van der Waals surface area contributed by atoms with Gasteiger partial charge < -0.3 is 9.47 Å². The molecule has 0 aliphatic carbocycles. The highest BCUT2D eigenvalue weighted by Gasteiger charge is 2.37. The van der Waals surface area contributed by atoms with Gasteiger partial charge >= 0.3 is 5.97 Å². The van der Waals surface area contributed by atoms with E-state index in [1.807, 2.05) is 56.3 Å². The van der Waals surface area contributed by atoms with Crippen LogP contribution >= 0.6 is 0 Å². The molecule has 0 aliphatic heterocycles. The fraction of sp³-hybridized carbons (Fsp3) is 0.391. The van der Waals surface area contributed by atoms with Crippen molar-refractivity contribution in [3.05, 3.63) is 65.7 Å². The number of ketones is 1. The van der Waals surface area contributed by atoms with Gasteiger partial charge in [-0.3, -0.25) is 9.59 Å². The third-order valence-corrected chi connectivity index (χ3v) is 4.62. The van der Waals surface area contributed by atoms with Gasteiger partial charge in [0.2, 0.25) is 0 Å². The zero-order chi connectivity index (χ0) is 19.7. The van der Waals surface area contributed by atoms with Crippen molar-refractivity contribution in [3.63, 3.8) is 0 Å². The molecule has 0 N–H and O–H groups in total. The van der Waals surface area contributed by atoms with Crippen LogP contribution in [-0.2, 0) is 16.0 Å². The SMILES string of the molecule is CCCCOC(=O)[C@@](C)(CC(=O)c1ccccc1)Cc1ccc(OC)cc1. The van der Waals surface area contributed by atoms with Crippen molar-refractivity contribution in [2.75, 3.05) is 13.7 Å². The molecule has 4 heteroatoms. The standard InChI is InChI=1S/C23H28O4/c1-4-5-15-27-22(25)23(2,16-18-11-13-20(26-3)14-12-18)17-21(24)19-9-7-6-8-10-19/h6-14H,4-5,15-17H2,1-3H3/t23-/m1/s1. The van der Waals surface area contributed by atoms with Crippen molar-refractivity contribution >= 4 is 11.8 Å². The topological polar surface area (TPSA) is 52.6 Å². The molecular weight excluding hydrogens is 340 g/mol. The molecular formula is C23H28O4. The predicted molar refractivity (Wildman–Crippen MR) is 106 cm³/mol. The van der Waals surface area contributed by atoms with E-state index in [4.69, 9.17) is 9.47 Å². The summed E-state index contributed by atoms with van der Waals surface area (Å²) < 4.78 is 10.7. The van der Waals surface area contributed by atoms with E-state index in [0.29, 0.717) is 18.6 Å². The van der Waals surface area contributed by atoms with E-state index >= 15 is 0 Å². The van der Waals surface area contributed by atoms with Crippen LogP contribution in [0.4, 0.5) is 0 Å². The highest BCUT2D eigenvalue weighted by Crippen LogP contribution is 2.31. The minimum absolute atomic E-state index is 0.0564. The maximum Gasteiger partial charge on any atom is 0.312 e. The Balaban J connectivity index is 2.20. The molecule has 0 radical (unpaired) electrons. The van der Waals surface area contributed by atoms with E-state index in [0.717, 1.165) is 24.2 Å². The lowest BCUT2D eigenvalue weighted by Crippen LogP contribution is -2.35. The lowest BCUT2D eigenvalue weighted by molar-refractivity contribution is -0.155. The van der Waals surface area contributed by atoms with E-state index in [1.54, 1.807) is 19.2 Å². The molecule has 0 saturated heterocycles. The van der Waals surface area contributed by atoms with Gasteiger partial charge in [0.15, 0.2) is 5.78 Å². The number of rotatable bonds is 10. The first kappa shape index (κ1) is 20.7. The third kappa shape index (κ3) is 5.95. The molecule has 0 bridgehead atoms. The Labute approximate surface area is 161 Å². The minimum atomic E-state index is -0.921. The summed E-state index contributed by atoms with van der Waals surface area (Å²) in [6.45, 7) is 4.24. The van der Waals surface area contributed by atoms with Gasteiger partial charge in [0, 0.05) is 12.0 Å². The second-order valence-electron chi connectivity index (χ2n) is 7.04. The maximum absolute atomic E-state index is 12.8. The number of ether oxygens (including phenoxy) is 2. The molecule has 0 amide bonds. The highest BCUT2D eigenvalue weighted by atomic mass is 16.5. The summed E-state index contributed by atoms with van der Waals surface area (Å²) in [5, 5.41) is 0. The number of Topliss-reactive ketones (excluding diaryl/α,β-unsaturated/α-hetero) is 1. The van der Waals surface area contributed by atoms with Crippen molar-refractivity contribution in [3.8, 4) is 5.75 Å². The molecule has 0 fully saturated rings. The Hall–Kier alpha value is -2.62. The largest absolute Gasteiger partial charge is 0.497 e. The number of esters is 1. The van der Waals surface area contributed by atoms with Crippen molar-refractivity contribution in [1.82, 2.24) is 0 Å². The fourth-order valence-corrected chi connectivity index (χ4v) is 2.96. The normalized spacial score (nSPS) is 12.9. The van der Waals surface area contributed by atoms with E-state index in [9.17, 15) is 9.59 Å². The van der Waals surface area contributed by atoms with E-state index in [-0.39, 0.29) is 18.2 Å². The Morgan fingerprint density at radius 2 is 1.67 bits per heavy atom. The highest BCUT2D eigenvalue weighted by molar-refractivity contribution is 5.99. The molecule has 2 rings (SSSR count). The minimum Gasteiger partial charge on any atom is -0.497 e. The quantitative estimate of drug-likeness (QED) is 0.341. The maximum atomic E-state index is 12.8. The summed E-state index contributed by atoms with van der Waals surface area (Å²) in [5.74, 6) is 0.376. The molecule has 0 unspecified atom stereocenters. The van der Waals surface area contributed by atoms with Gasteiger partial charge in [0.1, 0.15) is 5.75 Å². The average molecular weight is 368 g/mol. The molecule has 2 aromatic rings. The van der Waals surface area contributed by atoms with E-state index in [2.05, 4.69) is 0 Å². The number of unbranched alkanes of at least 4 members (excludes halogenated alkanes) is 1. The van der Waals surface area contributed by atoms with Crippen molar-refractivity contribution < 1.29 is 19.1 Å². The van der Waals surface area contributed by atoms with Crippen LogP contribution in [0, 0.1) is 5.41 Å². The Kier molecular flexibility index (Phi) is 7.59. The summed E-state index contributed by atoms with van der Waals surface area (Å²) in [6.07, 6.45) is 2.30. The van der Waals surface area contributed by atoms with Gasteiger partial charge in [-0.15, -0.1) is 0 Å². The summed E-state index contributed by atoms with van der Waals surface area (Å²) in [7, 11) is 1.61. The molecule has 27 heavy (non-hydrogen) atoms. The van der Waals surface area contributed by atoms with Gasteiger partial charge in [0.25, 0.3) is 0 Å². The monoisotopic (exact) mass is 368 g/mol. The number of hydrogen-bond donors (Lipinski definition) is 0. The van der Waals surface area contributed by atoms with Crippen LogP contribution in [-0.4, -0.2) is 25.5 Å². The number of methoxy groups -OCH3 is 1. The molecule has 4 nitrogen and oxygen atoms in total. The molecule has 0 saturated carbocycles. The number of benzene rings is 2. The molecule has 0 spiro atoms. The fourth-order valence-electron chi connectivity index (χ4n) is 2.96. The summed E-state index contributed by atoms with van der Waals surface area (Å²) >= 11 is 0. The summed E-state index contributed by atoms with van der Waals surface area (Å²) in [6, 6.07) is 16.6. The van der Waals surface area contributed by atoms with Gasteiger partial charge in [-0.25, -0.2) is 0 Å². The third-order valence-electron chi connectivity index (χ3n) is 4.62. The van der Waals surface area contributed by atoms with E-state index in [1.165, 1.54) is 0 Å². The Bertz CT molecular complexity index is 737. The Morgan fingerprint density at radius 3 is 2.26 bits per heavy atom. The summed E-state index contributed by atoms with van der Waals surface area (Å²) in [5.41, 5.74) is 0.654. The number of hydrogen-bond acceptors (Lipinski definition) is 4. The second-order valence-corrected chi connectivity index (χ2v) is 7.04. The first-order chi connectivity index (χ1) is 13.0. The van der Waals surface area contributed by atoms with Crippen molar-refractivity contribution in [2.24, 2.45) is 5.41 Å². The number of carbonyl (C=O) groups excluding carboxylic acids is 2. The predicted octanol–water partition coefficient (Wildman–Crippen LogP) is 4.86. The van der Waals surface area contributed by atoms with Crippen LogP contribution in [0.3, 0.4) is 0 Å². The number of carbonyl (C=O) groups is 2. The lowest BCUT2D eigenvalue weighted by Gasteiger charge is -2.27. The van der Waals surface area contributed by atoms with Gasteiger partial charge in [0.05, 0.1) is 19.1 Å². The van der Waals surface area contributed by atoms with E-state index < -0.39 is 5.41 Å². The molecule has 2 aromatic carbocycles. The van der Waals surface area contributed by atoms with Crippen LogP contribution in [0.2, 0.25) is 0 Å². The van der Waals surface area contributed by atoms with Gasteiger partial charge in [-0.05, 0) is 37.5 Å². The molecule has 144 valence electrons. The van der Waals surface area contributed by atoms with Crippen LogP contribution in [0.5, 0.6) is 5.75 Å². The van der Waals surface area contributed by atoms with Crippen LogP contribution < -0.4 is 4.74 Å². The average Bonchev–Trinajstić information content (AvgIpc) is 2.69. The van der Waals surface area contributed by atoms with Crippen molar-refractivity contribution in [2.45, 2.75) is 39.5 Å². The molecule has 0 aromatic heterocycles. The van der Waals surface area contributed by atoms with Crippen LogP contribution in [0.1, 0.15) is 49.0 Å². The van der Waals surface area contributed by atoms with Crippen LogP contribution in [0.25, 0.3) is 0 Å². The first-order valence-electron chi connectivity index (χ1n) is 9.37. The molecule has 1 atom stereocenters. The Morgan fingerprint density at radius 1 is 1.00 bits per heavy atom. The van der Waals surface area contributed by atoms with Crippen molar-refractivity contribution in [1.29, 1.82) is 0 Å². The summed E-state index contributed by atoms with van der Waals surface area (Å²) in [4.78, 5) is 25.6. The first-order valence-corrected chi connectivity index (χ1v) is 9.37. The van der Waals surface area contributed by atoms with Gasteiger partial charge in [-0.1, -0.05) is 55.8 Å².